The summed E-state index contributed by atoms with van der Waals surface area (Å²) in [5, 5.41) is 18.2. The predicted octanol–water partition coefficient (Wildman–Crippen LogP) is 2.39. The van der Waals surface area contributed by atoms with Crippen LogP contribution in [0.15, 0.2) is 11.5 Å². The molecule has 0 amide bonds. The van der Waals surface area contributed by atoms with Gasteiger partial charge in [0.1, 0.15) is 7.85 Å². The van der Waals surface area contributed by atoms with Crippen molar-refractivity contribution in [3.63, 3.8) is 0 Å². The van der Waals surface area contributed by atoms with E-state index < -0.39 is 17.1 Å². The number of rotatable bonds is 1. The lowest BCUT2D eigenvalue weighted by molar-refractivity contribution is -0.107. The first-order valence-corrected chi connectivity index (χ1v) is 5.62. The van der Waals surface area contributed by atoms with E-state index >= 15 is 0 Å². The second kappa shape index (κ2) is 5.48. The molecule has 98 valence electrons. The van der Waals surface area contributed by atoms with E-state index in [2.05, 4.69) is 0 Å². The fourth-order valence-corrected chi connectivity index (χ4v) is 0.812. The highest BCUT2D eigenvalue weighted by Gasteiger charge is 2.32. The van der Waals surface area contributed by atoms with Crippen LogP contribution < -0.4 is 0 Å². The molecule has 1 rings (SSSR count). The molecule has 0 saturated carbocycles. The van der Waals surface area contributed by atoms with Crippen molar-refractivity contribution in [2.75, 3.05) is 0 Å². The zero-order valence-electron chi connectivity index (χ0n) is 10.9. The van der Waals surface area contributed by atoms with E-state index in [0.29, 0.717) is 11.9 Å². The van der Waals surface area contributed by atoms with Gasteiger partial charge in [0.05, 0.1) is 11.2 Å². The van der Waals surface area contributed by atoms with Crippen LogP contribution >= 0.6 is 0 Å². The van der Waals surface area contributed by atoms with E-state index in [9.17, 15) is 8.78 Å². The Morgan fingerprint density at radius 1 is 1.18 bits per heavy atom. The third-order valence-corrected chi connectivity index (χ3v) is 2.94. The molecule has 2 radical (unpaired) electrons. The van der Waals surface area contributed by atoms with Gasteiger partial charge in [-0.15, -0.1) is 5.47 Å². The molecular weight excluding hydrogens is 225 g/mol. The zero-order chi connectivity index (χ0) is 13.9. The standard InChI is InChI=1S/C6H7BF2.C6H14O2/c7-5-1-3-6(8,9)4-2-5;1-5(2,7)6(3,4)8/h1H,2-4H2;7-8H,1-4H3. The van der Waals surface area contributed by atoms with Gasteiger partial charge in [-0.1, -0.05) is 6.08 Å². The highest BCUT2D eigenvalue weighted by atomic mass is 19.3. The molecule has 0 unspecified atom stereocenters. The summed E-state index contributed by atoms with van der Waals surface area (Å²) in [6.45, 7) is 6.31. The van der Waals surface area contributed by atoms with Crippen LogP contribution in [0.1, 0.15) is 47.0 Å². The van der Waals surface area contributed by atoms with Crippen LogP contribution in [0.3, 0.4) is 0 Å². The van der Waals surface area contributed by atoms with E-state index in [1.807, 2.05) is 0 Å². The summed E-state index contributed by atoms with van der Waals surface area (Å²) in [4.78, 5) is 0. The van der Waals surface area contributed by atoms with Gasteiger partial charge in [0.25, 0.3) is 5.92 Å². The normalized spacial score (nSPS) is 20.1. The van der Waals surface area contributed by atoms with E-state index in [0.717, 1.165) is 0 Å². The Kier molecular flexibility index (Phi) is 5.35. The lowest BCUT2D eigenvalue weighted by Crippen LogP contribution is -2.44. The summed E-state index contributed by atoms with van der Waals surface area (Å²) in [7, 11) is 5.28. The molecule has 0 bridgehead atoms. The summed E-state index contributed by atoms with van der Waals surface area (Å²) in [5.74, 6) is -2.50. The van der Waals surface area contributed by atoms with Gasteiger partial charge >= 0.3 is 0 Å². The lowest BCUT2D eigenvalue weighted by atomic mass is 9.84. The third-order valence-electron chi connectivity index (χ3n) is 2.94. The summed E-state index contributed by atoms with van der Waals surface area (Å²) < 4.78 is 24.6. The molecule has 0 heterocycles. The average molecular weight is 246 g/mol. The van der Waals surface area contributed by atoms with Crippen molar-refractivity contribution in [2.45, 2.75) is 64.1 Å². The maximum absolute atomic E-state index is 12.3. The van der Waals surface area contributed by atoms with Gasteiger partial charge in [-0.05, 0) is 34.1 Å². The van der Waals surface area contributed by atoms with Crippen LogP contribution in [0.2, 0.25) is 0 Å². The number of alkyl halides is 2. The van der Waals surface area contributed by atoms with Crippen molar-refractivity contribution in [3.8, 4) is 0 Å². The number of hydrogen-bond acceptors (Lipinski definition) is 2. The molecule has 0 aromatic heterocycles. The monoisotopic (exact) mass is 246 g/mol. The minimum Gasteiger partial charge on any atom is -0.387 e. The van der Waals surface area contributed by atoms with Crippen LogP contribution in [-0.4, -0.2) is 35.2 Å². The molecule has 5 heteroatoms. The lowest BCUT2D eigenvalue weighted by Gasteiger charge is -2.31. The maximum Gasteiger partial charge on any atom is 0.251 e. The molecule has 1 aliphatic carbocycles. The van der Waals surface area contributed by atoms with E-state index in [-0.39, 0.29) is 12.8 Å². The first kappa shape index (κ1) is 16.6. The fourth-order valence-electron chi connectivity index (χ4n) is 0.812. The van der Waals surface area contributed by atoms with Gasteiger partial charge in [-0.2, -0.15) is 0 Å². The molecule has 0 spiro atoms. The number of halogens is 2. The van der Waals surface area contributed by atoms with Crippen molar-refractivity contribution in [3.05, 3.63) is 11.5 Å². The Morgan fingerprint density at radius 2 is 1.59 bits per heavy atom. The van der Waals surface area contributed by atoms with Gasteiger partial charge < -0.3 is 10.2 Å². The van der Waals surface area contributed by atoms with Crippen molar-refractivity contribution in [1.82, 2.24) is 0 Å². The number of hydrogen-bond donors (Lipinski definition) is 2. The molecule has 0 atom stereocenters. The average Bonchev–Trinajstić information content (AvgIpc) is 2.08. The minimum absolute atomic E-state index is 0.0880. The van der Waals surface area contributed by atoms with Crippen LogP contribution in [0, 0.1) is 0 Å². The molecular formula is C12H21BF2O2. The summed E-state index contributed by atoms with van der Waals surface area (Å²) in [6.07, 6.45) is 1.48. The predicted molar refractivity (Wildman–Crippen MR) is 65.2 cm³/mol. The summed E-state index contributed by atoms with van der Waals surface area (Å²) in [5.41, 5.74) is -1.42. The number of allylic oxidation sites excluding steroid dienone is 2. The zero-order valence-corrected chi connectivity index (χ0v) is 10.9. The molecule has 2 N–H and O–H groups in total. The van der Waals surface area contributed by atoms with E-state index in [4.69, 9.17) is 18.1 Å². The summed E-state index contributed by atoms with van der Waals surface area (Å²) in [6, 6.07) is 0. The highest BCUT2D eigenvalue weighted by Crippen LogP contribution is 2.30. The molecule has 1 aliphatic rings. The van der Waals surface area contributed by atoms with Crippen molar-refractivity contribution >= 4 is 7.85 Å². The molecule has 2 nitrogen and oxygen atoms in total. The van der Waals surface area contributed by atoms with Gasteiger partial charge in [-0.3, -0.25) is 0 Å². The van der Waals surface area contributed by atoms with Crippen LogP contribution in [0.4, 0.5) is 8.78 Å². The molecule has 0 aliphatic heterocycles. The summed E-state index contributed by atoms with van der Waals surface area (Å²) >= 11 is 0. The first-order valence-electron chi connectivity index (χ1n) is 5.62. The van der Waals surface area contributed by atoms with E-state index in [1.165, 1.54) is 6.08 Å². The largest absolute Gasteiger partial charge is 0.387 e. The van der Waals surface area contributed by atoms with Gasteiger partial charge in [0.2, 0.25) is 0 Å². The molecule has 0 saturated heterocycles. The second-order valence-electron chi connectivity index (χ2n) is 5.46. The van der Waals surface area contributed by atoms with Crippen LogP contribution in [0.25, 0.3) is 0 Å². The maximum atomic E-state index is 12.3. The van der Waals surface area contributed by atoms with Crippen molar-refractivity contribution in [1.29, 1.82) is 0 Å². The molecule has 0 fully saturated rings. The minimum atomic E-state index is -2.50. The van der Waals surface area contributed by atoms with Gasteiger partial charge in [0.15, 0.2) is 0 Å². The van der Waals surface area contributed by atoms with Gasteiger partial charge in [-0.25, -0.2) is 8.78 Å². The quantitative estimate of drug-likeness (QED) is 0.697. The Morgan fingerprint density at radius 3 is 1.76 bits per heavy atom. The molecule has 0 aromatic carbocycles. The topological polar surface area (TPSA) is 40.5 Å². The molecule has 0 aromatic rings. The Bertz CT molecular complexity index is 263. The Hall–Kier alpha value is -0.415. The van der Waals surface area contributed by atoms with Crippen LogP contribution in [-0.2, 0) is 0 Å². The SMILES string of the molecule is CC(C)(O)C(C)(C)O.[B]C1=CCC(F)(F)CC1. The van der Waals surface area contributed by atoms with Crippen LogP contribution in [0.5, 0.6) is 0 Å². The first-order chi connectivity index (χ1) is 7.35. The Balaban J connectivity index is 0.000000304. The Labute approximate surface area is 103 Å². The fraction of sp³-hybridized carbons (Fsp3) is 0.833. The third kappa shape index (κ3) is 6.79. The second-order valence-corrected chi connectivity index (χ2v) is 5.46. The highest BCUT2D eigenvalue weighted by molar-refractivity contribution is 6.21. The molecule has 17 heavy (non-hydrogen) atoms. The van der Waals surface area contributed by atoms with Gasteiger partial charge in [0, 0.05) is 12.8 Å². The van der Waals surface area contributed by atoms with E-state index in [1.54, 1.807) is 27.7 Å². The van der Waals surface area contributed by atoms with Crippen molar-refractivity contribution < 1.29 is 19.0 Å². The smallest absolute Gasteiger partial charge is 0.251 e. The number of aliphatic hydroxyl groups is 2. The van der Waals surface area contributed by atoms with Crippen molar-refractivity contribution in [2.24, 2.45) is 0 Å².